The van der Waals surface area contributed by atoms with Crippen LogP contribution in [0.25, 0.3) is 10.9 Å². The fraction of sp³-hybridized carbons (Fsp3) is 0.286. The number of carbonyl (C=O) groups is 1. The molecule has 2 aromatic carbocycles. The highest BCUT2D eigenvalue weighted by molar-refractivity contribution is 7.89. The van der Waals surface area contributed by atoms with Crippen molar-refractivity contribution in [3.63, 3.8) is 0 Å². The minimum atomic E-state index is -3.70. The molecule has 1 amide bonds. The number of aromatic amines is 1. The summed E-state index contributed by atoms with van der Waals surface area (Å²) in [6.45, 7) is 0.994. The normalized spacial score (nSPS) is 15.3. The number of amides is 1. The predicted molar refractivity (Wildman–Crippen MR) is 112 cm³/mol. The number of ether oxygens (including phenoxy) is 1. The number of benzene rings is 2. The molecule has 1 saturated heterocycles. The number of anilines is 1. The van der Waals surface area contributed by atoms with Crippen molar-refractivity contribution in [3.8, 4) is 5.75 Å². The van der Waals surface area contributed by atoms with E-state index < -0.39 is 10.0 Å². The van der Waals surface area contributed by atoms with E-state index in [1.54, 1.807) is 18.2 Å². The molecule has 3 aromatic rings. The number of methoxy groups -OCH3 is 1. The molecule has 0 radical (unpaired) electrons. The molecular weight excluding hydrogens is 390 g/mol. The van der Waals surface area contributed by atoms with Crippen LogP contribution in [0, 0.1) is 0 Å². The zero-order chi connectivity index (χ0) is 20.4. The van der Waals surface area contributed by atoms with Gasteiger partial charge in [0, 0.05) is 29.7 Å². The van der Waals surface area contributed by atoms with Gasteiger partial charge in [-0.2, -0.15) is 4.31 Å². The molecule has 0 saturated carbocycles. The first-order chi connectivity index (χ1) is 14.0. The van der Waals surface area contributed by atoms with Gasteiger partial charge in [-0.05, 0) is 43.2 Å². The molecular formula is C21H23N3O4S. The number of aromatic nitrogens is 1. The maximum absolute atomic E-state index is 13.1. The van der Waals surface area contributed by atoms with Crippen molar-refractivity contribution in [3.05, 3.63) is 54.2 Å². The minimum Gasteiger partial charge on any atom is -0.495 e. The fourth-order valence-corrected chi connectivity index (χ4v) is 5.29. The quantitative estimate of drug-likeness (QED) is 0.669. The first-order valence-electron chi connectivity index (χ1n) is 9.56. The van der Waals surface area contributed by atoms with Crippen LogP contribution in [0.2, 0.25) is 0 Å². The van der Waals surface area contributed by atoms with Gasteiger partial charge in [-0.3, -0.25) is 4.79 Å². The summed E-state index contributed by atoms with van der Waals surface area (Å²) in [6.07, 6.45) is 2.72. The van der Waals surface area contributed by atoms with Gasteiger partial charge in [0.1, 0.15) is 16.3 Å². The summed E-state index contributed by atoms with van der Waals surface area (Å²) < 4.78 is 33.0. The van der Waals surface area contributed by atoms with Crippen molar-refractivity contribution in [1.82, 2.24) is 9.29 Å². The van der Waals surface area contributed by atoms with E-state index in [9.17, 15) is 13.2 Å². The second-order valence-electron chi connectivity index (χ2n) is 7.05. The lowest BCUT2D eigenvalue weighted by molar-refractivity contribution is 0.102. The van der Waals surface area contributed by atoms with E-state index in [0.29, 0.717) is 24.5 Å². The predicted octanol–water partition coefficient (Wildman–Crippen LogP) is 3.60. The number of piperidine rings is 1. The second kappa shape index (κ2) is 7.88. The number of fused-ring (bicyclic) bond motifs is 1. The zero-order valence-electron chi connectivity index (χ0n) is 16.1. The van der Waals surface area contributed by atoms with Crippen LogP contribution in [0.1, 0.15) is 29.8 Å². The molecule has 0 spiro atoms. The highest BCUT2D eigenvalue weighted by Gasteiger charge is 2.29. The smallest absolute Gasteiger partial charge is 0.272 e. The third kappa shape index (κ3) is 3.86. The van der Waals surface area contributed by atoms with Gasteiger partial charge < -0.3 is 15.0 Å². The Morgan fingerprint density at radius 3 is 2.55 bits per heavy atom. The number of carbonyl (C=O) groups excluding carboxylic acids is 1. The Morgan fingerprint density at radius 1 is 1.07 bits per heavy atom. The molecule has 0 unspecified atom stereocenters. The van der Waals surface area contributed by atoms with Gasteiger partial charge >= 0.3 is 0 Å². The standard InChI is InChI=1S/C21H23N3O4S/c1-28-19-10-9-16(14-20(19)29(26,27)24-11-5-2-6-12-24)22-21(25)18-13-15-7-3-4-8-17(15)23-18/h3-4,7-10,13-14,23H,2,5-6,11-12H2,1H3,(H,22,25). The molecule has 2 heterocycles. The lowest BCUT2D eigenvalue weighted by Gasteiger charge is -2.26. The van der Waals surface area contributed by atoms with Crippen LogP contribution >= 0.6 is 0 Å². The van der Waals surface area contributed by atoms with Gasteiger partial charge in [0.25, 0.3) is 5.91 Å². The molecule has 2 N–H and O–H groups in total. The van der Waals surface area contributed by atoms with E-state index >= 15 is 0 Å². The van der Waals surface area contributed by atoms with E-state index in [-0.39, 0.29) is 16.6 Å². The van der Waals surface area contributed by atoms with E-state index in [0.717, 1.165) is 30.2 Å². The van der Waals surface area contributed by atoms with Crippen LogP contribution in [-0.2, 0) is 10.0 Å². The minimum absolute atomic E-state index is 0.0661. The molecule has 8 heteroatoms. The summed E-state index contributed by atoms with van der Waals surface area (Å²) in [5, 5.41) is 3.71. The average molecular weight is 413 g/mol. The maximum atomic E-state index is 13.1. The number of sulfonamides is 1. The van der Waals surface area contributed by atoms with E-state index in [1.807, 2.05) is 24.3 Å². The van der Waals surface area contributed by atoms with E-state index in [1.165, 1.54) is 17.5 Å². The van der Waals surface area contributed by atoms with Crippen molar-refractivity contribution < 1.29 is 17.9 Å². The van der Waals surface area contributed by atoms with Crippen LogP contribution in [-0.4, -0.2) is 43.8 Å². The Hall–Kier alpha value is -2.84. The molecule has 1 aliphatic rings. The van der Waals surface area contributed by atoms with Gasteiger partial charge in [0.2, 0.25) is 10.0 Å². The van der Waals surface area contributed by atoms with Crippen molar-refractivity contribution in [2.75, 3.05) is 25.5 Å². The number of hydrogen-bond donors (Lipinski definition) is 2. The van der Waals surface area contributed by atoms with Crippen LogP contribution in [0.3, 0.4) is 0 Å². The first-order valence-corrected chi connectivity index (χ1v) is 11.0. The third-order valence-corrected chi connectivity index (χ3v) is 7.05. The van der Waals surface area contributed by atoms with E-state index in [2.05, 4.69) is 10.3 Å². The van der Waals surface area contributed by atoms with Gasteiger partial charge in [0.05, 0.1) is 7.11 Å². The molecule has 7 nitrogen and oxygen atoms in total. The highest BCUT2D eigenvalue weighted by Crippen LogP contribution is 2.31. The summed E-state index contributed by atoms with van der Waals surface area (Å²) in [7, 11) is -2.26. The molecule has 4 rings (SSSR count). The Labute approximate surface area is 169 Å². The van der Waals surface area contributed by atoms with Crippen molar-refractivity contribution in [1.29, 1.82) is 0 Å². The lowest BCUT2D eigenvalue weighted by Crippen LogP contribution is -2.35. The van der Waals surface area contributed by atoms with Crippen molar-refractivity contribution in [2.45, 2.75) is 24.2 Å². The van der Waals surface area contributed by atoms with Crippen LogP contribution in [0.4, 0.5) is 5.69 Å². The topological polar surface area (TPSA) is 91.5 Å². The number of rotatable bonds is 5. The van der Waals surface area contributed by atoms with Crippen LogP contribution < -0.4 is 10.1 Å². The molecule has 152 valence electrons. The van der Waals surface area contributed by atoms with Gasteiger partial charge in [-0.25, -0.2) is 8.42 Å². The largest absolute Gasteiger partial charge is 0.495 e. The number of nitrogens with zero attached hydrogens (tertiary/aromatic N) is 1. The van der Waals surface area contributed by atoms with Crippen molar-refractivity contribution in [2.24, 2.45) is 0 Å². The SMILES string of the molecule is COc1ccc(NC(=O)c2cc3ccccc3[nH]2)cc1S(=O)(=O)N1CCCCC1. The number of para-hydroxylation sites is 1. The Bertz CT molecular complexity index is 1110. The average Bonchev–Trinajstić information content (AvgIpc) is 3.19. The monoisotopic (exact) mass is 413 g/mol. The summed E-state index contributed by atoms with van der Waals surface area (Å²) in [5.41, 5.74) is 1.66. The molecule has 1 aliphatic heterocycles. The number of H-pyrrole nitrogens is 1. The molecule has 29 heavy (non-hydrogen) atoms. The Balaban J connectivity index is 1.63. The molecule has 1 aromatic heterocycles. The summed E-state index contributed by atoms with van der Waals surface area (Å²) >= 11 is 0. The summed E-state index contributed by atoms with van der Waals surface area (Å²) in [4.78, 5) is 15.8. The zero-order valence-corrected chi connectivity index (χ0v) is 17.0. The molecule has 0 atom stereocenters. The molecule has 0 bridgehead atoms. The van der Waals surface area contributed by atoms with Gasteiger partial charge in [-0.15, -0.1) is 0 Å². The van der Waals surface area contributed by atoms with Gasteiger partial charge in [-0.1, -0.05) is 24.6 Å². The molecule has 1 fully saturated rings. The Morgan fingerprint density at radius 2 is 1.83 bits per heavy atom. The lowest BCUT2D eigenvalue weighted by atomic mass is 10.2. The van der Waals surface area contributed by atoms with Crippen molar-refractivity contribution >= 4 is 32.5 Å². The maximum Gasteiger partial charge on any atom is 0.272 e. The second-order valence-corrected chi connectivity index (χ2v) is 8.96. The van der Waals surface area contributed by atoms with E-state index in [4.69, 9.17) is 4.74 Å². The fourth-order valence-electron chi connectivity index (χ4n) is 3.59. The van der Waals surface area contributed by atoms with Gasteiger partial charge in [0.15, 0.2) is 0 Å². The number of hydrogen-bond acceptors (Lipinski definition) is 4. The molecule has 0 aliphatic carbocycles. The first kappa shape index (κ1) is 19.5. The summed E-state index contributed by atoms with van der Waals surface area (Å²) in [6, 6.07) is 14.0. The highest BCUT2D eigenvalue weighted by atomic mass is 32.2. The summed E-state index contributed by atoms with van der Waals surface area (Å²) in [5.74, 6) is -0.0770. The number of nitrogens with one attached hydrogen (secondary N) is 2. The van der Waals surface area contributed by atoms with Crippen LogP contribution in [0.5, 0.6) is 5.75 Å². The van der Waals surface area contributed by atoms with Crippen LogP contribution in [0.15, 0.2) is 53.4 Å². The third-order valence-electron chi connectivity index (χ3n) is 5.13. The Kier molecular flexibility index (Phi) is 5.29.